The Balaban J connectivity index is 2.07. The zero-order chi connectivity index (χ0) is 11.4. The Morgan fingerprint density at radius 2 is 2.12 bits per heavy atom. The minimum atomic E-state index is 0.251. The first-order valence-electron chi connectivity index (χ1n) is 5.58. The van der Waals surface area contributed by atoms with Crippen molar-refractivity contribution in [3.63, 3.8) is 0 Å². The highest BCUT2D eigenvalue weighted by Crippen LogP contribution is 2.24. The van der Waals surface area contributed by atoms with E-state index < -0.39 is 0 Å². The fourth-order valence-electron chi connectivity index (χ4n) is 1.97. The largest absolute Gasteiger partial charge is 0.508 e. The first-order valence-corrected chi connectivity index (χ1v) is 5.58. The van der Waals surface area contributed by atoms with E-state index in [1.807, 2.05) is 6.07 Å². The van der Waals surface area contributed by atoms with Gasteiger partial charge in [0.05, 0.1) is 7.11 Å². The van der Waals surface area contributed by atoms with Crippen LogP contribution in [0.3, 0.4) is 0 Å². The molecule has 0 aromatic heterocycles. The van der Waals surface area contributed by atoms with Crippen LogP contribution in [0.25, 0.3) is 0 Å². The molecule has 0 radical (unpaired) electrons. The Hall–Kier alpha value is -1.26. The standard InChI is InChI=1S/C12H18N2O2/c1-16-12-8-11(15)3-2-10(12)9-14-6-4-13-5-7-14/h2-3,8,13,15H,4-7,9H2,1H3. The number of hydrogen-bond donors (Lipinski definition) is 2. The molecule has 16 heavy (non-hydrogen) atoms. The molecule has 4 heteroatoms. The Labute approximate surface area is 95.8 Å². The van der Waals surface area contributed by atoms with Gasteiger partial charge in [-0.25, -0.2) is 0 Å². The van der Waals surface area contributed by atoms with E-state index in [9.17, 15) is 5.11 Å². The molecule has 0 unspecified atom stereocenters. The van der Waals surface area contributed by atoms with Crippen molar-refractivity contribution in [1.82, 2.24) is 10.2 Å². The van der Waals surface area contributed by atoms with Crippen molar-refractivity contribution < 1.29 is 9.84 Å². The molecule has 1 aliphatic heterocycles. The molecule has 0 amide bonds. The van der Waals surface area contributed by atoms with Gasteiger partial charge in [-0.2, -0.15) is 0 Å². The summed E-state index contributed by atoms with van der Waals surface area (Å²) in [6, 6.07) is 5.30. The molecular weight excluding hydrogens is 204 g/mol. The molecule has 88 valence electrons. The van der Waals surface area contributed by atoms with Crippen molar-refractivity contribution in [2.75, 3.05) is 33.3 Å². The smallest absolute Gasteiger partial charge is 0.127 e. The van der Waals surface area contributed by atoms with Crippen LogP contribution in [-0.4, -0.2) is 43.3 Å². The highest BCUT2D eigenvalue weighted by Gasteiger charge is 2.12. The second kappa shape index (κ2) is 5.18. The maximum atomic E-state index is 9.37. The summed E-state index contributed by atoms with van der Waals surface area (Å²) in [4.78, 5) is 2.38. The van der Waals surface area contributed by atoms with Gasteiger partial charge in [-0.05, 0) is 6.07 Å². The number of aromatic hydroxyl groups is 1. The minimum absolute atomic E-state index is 0.251. The van der Waals surface area contributed by atoms with E-state index in [1.165, 1.54) is 0 Å². The molecule has 2 N–H and O–H groups in total. The average molecular weight is 222 g/mol. The first-order chi connectivity index (χ1) is 7.79. The molecule has 0 atom stereocenters. The third-order valence-electron chi connectivity index (χ3n) is 2.87. The van der Waals surface area contributed by atoms with Crippen molar-refractivity contribution in [2.24, 2.45) is 0 Å². The molecule has 1 fully saturated rings. The van der Waals surface area contributed by atoms with E-state index in [-0.39, 0.29) is 5.75 Å². The van der Waals surface area contributed by atoms with Crippen LogP contribution in [0.15, 0.2) is 18.2 Å². The fourth-order valence-corrected chi connectivity index (χ4v) is 1.97. The van der Waals surface area contributed by atoms with Crippen LogP contribution in [0.5, 0.6) is 11.5 Å². The average Bonchev–Trinajstić information content (AvgIpc) is 2.33. The summed E-state index contributed by atoms with van der Waals surface area (Å²) in [5.74, 6) is 1.01. The van der Waals surface area contributed by atoms with E-state index in [0.29, 0.717) is 0 Å². The minimum Gasteiger partial charge on any atom is -0.508 e. The Morgan fingerprint density at radius 1 is 1.38 bits per heavy atom. The lowest BCUT2D eigenvalue weighted by Crippen LogP contribution is -2.42. The van der Waals surface area contributed by atoms with Crippen LogP contribution in [-0.2, 0) is 6.54 Å². The van der Waals surface area contributed by atoms with Crippen LogP contribution < -0.4 is 10.1 Å². The van der Waals surface area contributed by atoms with E-state index in [1.54, 1.807) is 19.2 Å². The summed E-state index contributed by atoms with van der Waals surface area (Å²) in [5, 5.41) is 12.7. The number of phenolic OH excluding ortho intramolecular Hbond substituents is 1. The molecule has 0 bridgehead atoms. The zero-order valence-corrected chi connectivity index (χ0v) is 9.57. The van der Waals surface area contributed by atoms with Gasteiger partial charge in [0.1, 0.15) is 11.5 Å². The van der Waals surface area contributed by atoms with Crippen LogP contribution in [0.4, 0.5) is 0 Å². The van der Waals surface area contributed by atoms with Gasteiger partial charge in [-0.3, -0.25) is 4.90 Å². The molecule has 4 nitrogen and oxygen atoms in total. The van der Waals surface area contributed by atoms with Gasteiger partial charge in [-0.15, -0.1) is 0 Å². The molecule has 0 aliphatic carbocycles. The Morgan fingerprint density at radius 3 is 2.81 bits per heavy atom. The summed E-state index contributed by atoms with van der Waals surface area (Å²) in [5.41, 5.74) is 1.13. The van der Waals surface area contributed by atoms with Gasteiger partial charge in [0, 0.05) is 44.4 Å². The van der Waals surface area contributed by atoms with Gasteiger partial charge in [-0.1, -0.05) is 6.07 Å². The highest BCUT2D eigenvalue weighted by molar-refractivity contribution is 5.39. The van der Waals surface area contributed by atoms with Crippen LogP contribution in [0.1, 0.15) is 5.56 Å². The van der Waals surface area contributed by atoms with Gasteiger partial charge in [0.25, 0.3) is 0 Å². The number of benzene rings is 1. The molecule has 1 saturated heterocycles. The van der Waals surface area contributed by atoms with E-state index in [0.717, 1.165) is 44.0 Å². The third kappa shape index (κ3) is 2.65. The summed E-state index contributed by atoms with van der Waals surface area (Å²) in [7, 11) is 1.63. The molecule has 1 aliphatic rings. The van der Waals surface area contributed by atoms with Crippen molar-refractivity contribution in [3.8, 4) is 11.5 Å². The summed E-state index contributed by atoms with van der Waals surface area (Å²) in [6.07, 6.45) is 0. The number of methoxy groups -OCH3 is 1. The van der Waals surface area contributed by atoms with E-state index >= 15 is 0 Å². The van der Waals surface area contributed by atoms with Crippen molar-refractivity contribution in [2.45, 2.75) is 6.54 Å². The van der Waals surface area contributed by atoms with Gasteiger partial charge < -0.3 is 15.2 Å². The topological polar surface area (TPSA) is 44.7 Å². The lowest BCUT2D eigenvalue weighted by atomic mass is 10.1. The lowest BCUT2D eigenvalue weighted by molar-refractivity contribution is 0.230. The number of ether oxygens (including phenoxy) is 1. The third-order valence-corrected chi connectivity index (χ3v) is 2.87. The van der Waals surface area contributed by atoms with Crippen LogP contribution in [0.2, 0.25) is 0 Å². The maximum absolute atomic E-state index is 9.37. The number of piperazine rings is 1. The van der Waals surface area contributed by atoms with E-state index in [2.05, 4.69) is 10.2 Å². The molecule has 2 rings (SSSR count). The van der Waals surface area contributed by atoms with Crippen molar-refractivity contribution >= 4 is 0 Å². The number of nitrogens with one attached hydrogen (secondary N) is 1. The Kier molecular flexibility index (Phi) is 3.64. The molecular formula is C12H18N2O2. The highest BCUT2D eigenvalue weighted by atomic mass is 16.5. The van der Waals surface area contributed by atoms with Gasteiger partial charge >= 0.3 is 0 Å². The van der Waals surface area contributed by atoms with Crippen LogP contribution >= 0.6 is 0 Å². The van der Waals surface area contributed by atoms with Crippen LogP contribution in [0, 0.1) is 0 Å². The number of rotatable bonds is 3. The summed E-state index contributed by atoms with van der Waals surface area (Å²) < 4.78 is 5.27. The molecule has 1 heterocycles. The summed E-state index contributed by atoms with van der Waals surface area (Å²) >= 11 is 0. The predicted molar refractivity (Wildman–Crippen MR) is 62.8 cm³/mol. The maximum Gasteiger partial charge on any atom is 0.127 e. The molecule has 1 aromatic rings. The first kappa shape index (κ1) is 11.2. The normalized spacial score (nSPS) is 17.3. The molecule has 0 saturated carbocycles. The van der Waals surface area contributed by atoms with Crippen molar-refractivity contribution in [3.05, 3.63) is 23.8 Å². The zero-order valence-electron chi connectivity index (χ0n) is 9.57. The second-order valence-corrected chi connectivity index (χ2v) is 4.02. The second-order valence-electron chi connectivity index (χ2n) is 4.02. The lowest BCUT2D eigenvalue weighted by Gasteiger charge is -2.27. The number of phenols is 1. The quantitative estimate of drug-likeness (QED) is 0.794. The van der Waals surface area contributed by atoms with Gasteiger partial charge in [0.15, 0.2) is 0 Å². The fraction of sp³-hybridized carbons (Fsp3) is 0.500. The monoisotopic (exact) mass is 222 g/mol. The number of hydrogen-bond acceptors (Lipinski definition) is 4. The van der Waals surface area contributed by atoms with E-state index in [4.69, 9.17) is 4.74 Å². The Bertz CT molecular complexity index is 349. The predicted octanol–water partition coefficient (Wildman–Crippen LogP) is 0.806. The molecule has 1 aromatic carbocycles. The molecule has 0 spiro atoms. The SMILES string of the molecule is COc1cc(O)ccc1CN1CCNCC1. The number of nitrogens with zero attached hydrogens (tertiary/aromatic N) is 1. The van der Waals surface area contributed by atoms with Crippen molar-refractivity contribution in [1.29, 1.82) is 0 Å². The van der Waals surface area contributed by atoms with Gasteiger partial charge in [0.2, 0.25) is 0 Å². The summed E-state index contributed by atoms with van der Waals surface area (Å²) in [6.45, 7) is 5.08.